The van der Waals surface area contributed by atoms with Crippen molar-refractivity contribution >= 4 is 5.70 Å². The van der Waals surface area contributed by atoms with Crippen molar-refractivity contribution in [3.8, 4) is 28.0 Å². The SMILES string of the molecule is C=C(N)c1ccc(-c2ccc(-c3ccc(OCCCCC)cc3)cc2)cc1. The van der Waals surface area contributed by atoms with Gasteiger partial charge in [-0.3, -0.25) is 0 Å². The van der Waals surface area contributed by atoms with Gasteiger partial charge in [-0.05, 0) is 46.4 Å². The molecule has 2 heteroatoms. The van der Waals surface area contributed by atoms with E-state index in [1.54, 1.807) is 0 Å². The van der Waals surface area contributed by atoms with Crippen molar-refractivity contribution in [1.29, 1.82) is 0 Å². The Bertz CT molecular complexity index is 862. The highest BCUT2D eigenvalue weighted by Gasteiger charge is 2.02. The van der Waals surface area contributed by atoms with Crippen LogP contribution in [-0.2, 0) is 0 Å². The van der Waals surface area contributed by atoms with Crippen LogP contribution < -0.4 is 10.5 Å². The van der Waals surface area contributed by atoms with E-state index in [0.29, 0.717) is 5.70 Å². The third-order valence-corrected chi connectivity index (χ3v) is 4.68. The molecule has 2 nitrogen and oxygen atoms in total. The van der Waals surface area contributed by atoms with E-state index in [1.165, 1.54) is 35.1 Å². The lowest BCUT2D eigenvalue weighted by molar-refractivity contribution is 0.306. The van der Waals surface area contributed by atoms with Crippen molar-refractivity contribution in [3.63, 3.8) is 0 Å². The molecular weight excluding hydrogens is 330 g/mol. The van der Waals surface area contributed by atoms with Crippen LogP contribution in [0.3, 0.4) is 0 Å². The predicted molar refractivity (Wildman–Crippen MR) is 116 cm³/mol. The standard InChI is InChI=1S/C25H27NO/c1-3-4-5-18-27-25-16-14-24(15-17-25)23-12-10-22(11-13-23)21-8-6-20(7-9-21)19(2)26/h6-17H,2-5,18,26H2,1H3. The average molecular weight is 357 g/mol. The van der Waals surface area contributed by atoms with Crippen molar-refractivity contribution in [1.82, 2.24) is 0 Å². The average Bonchev–Trinajstić information content (AvgIpc) is 2.72. The summed E-state index contributed by atoms with van der Waals surface area (Å²) >= 11 is 0. The van der Waals surface area contributed by atoms with Crippen LogP contribution in [0.2, 0.25) is 0 Å². The first kappa shape index (κ1) is 18.8. The van der Waals surface area contributed by atoms with Crippen LogP contribution in [0.1, 0.15) is 31.7 Å². The molecule has 3 aromatic carbocycles. The normalized spacial score (nSPS) is 10.6. The van der Waals surface area contributed by atoms with E-state index in [2.05, 4.69) is 62.0 Å². The molecule has 0 fully saturated rings. The van der Waals surface area contributed by atoms with Gasteiger partial charge in [0.25, 0.3) is 0 Å². The van der Waals surface area contributed by atoms with Crippen molar-refractivity contribution < 1.29 is 4.74 Å². The first-order valence-corrected chi connectivity index (χ1v) is 9.56. The maximum absolute atomic E-state index is 5.79. The van der Waals surface area contributed by atoms with E-state index in [0.717, 1.165) is 24.3 Å². The molecule has 2 N–H and O–H groups in total. The fourth-order valence-corrected chi connectivity index (χ4v) is 3.02. The molecule has 0 aliphatic heterocycles. The third kappa shape index (κ3) is 5.01. The molecule has 0 atom stereocenters. The number of unbranched alkanes of at least 4 members (excludes halogenated alkanes) is 2. The molecule has 0 radical (unpaired) electrons. The number of rotatable bonds is 8. The second-order valence-corrected chi connectivity index (χ2v) is 6.76. The molecule has 0 bridgehead atoms. The Morgan fingerprint density at radius 1 is 0.741 bits per heavy atom. The van der Waals surface area contributed by atoms with Gasteiger partial charge in [-0.2, -0.15) is 0 Å². The van der Waals surface area contributed by atoms with Crippen molar-refractivity contribution in [2.75, 3.05) is 6.61 Å². The number of hydrogen-bond donors (Lipinski definition) is 1. The summed E-state index contributed by atoms with van der Waals surface area (Å²) in [6, 6.07) is 25.1. The van der Waals surface area contributed by atoms with Crippen molar-refractivity contribution in [2.45, 2.75) is 26.2 Å². The van der Waals surface area contributed by atoms with E-state index in [1.807, 2.05) is 24.3 Å². The number of benzene rings is 3. The molecule has 3 aromatic rings. The summed E-state index contributed by atoms with van der Waals surface area (Å²) in [5.41, 5.74) is 12.0. The molecule has 0 saturated heterocycles. The zero-order valence-corrected chi connectivity index (χ0v) is 15.9. The molecule has 138 valence electrons. The summed E-state index contributed by atoms with van der Waals surface area (Å²) in [5, 5.41) is 0. The van der Waals surface area contributed by atoms with Gasteiger partial charge >= 0.3 is 0 Å². The first-order chi connectivity index (χ1) is 13.2. The summed E-state index contributed by atoms with van der Waals surface area (Å²) in [7, 11) is 0. The Labute approximate surface area is 162 Å². The molecule has 0 aliphatic carbocycles. The third-order valence-electron chi connectivity index (χ3n) is 4.68. The molecule has 27 heavy (non-hydrogen) atoms. The van der Waals surface area contributed by atoms with Gasteiger partial charge in [0.15, 0.2) is 0 Å². The summed E-state index contributed by atoms with van der Waals surface area (Å²) in [6.07, 6.45) is 3.54. The Morgan fingerprint density at radius 2 is 1.19 bits per heavy atom. The lowest BCUT2D eigenvalue weighted by Crippen LogP contribution is -1.96. The van der Waals surface area contributed by atoms with E-state index in [4.69, 9.17) is 10.5 Å². The topological polar surface area (TPSA) is 35.2 Å². The smallest absolute Gasteiger partial charge is 0.119 e. The van der Waals surface area contributed by atoms with Gasteiger partial charge in [0.05, 0.1) is 6.61 Å². The fraction of sp³-hybridized carbons (Fsp3) is 0.200. The lowest BCUT2D eigenvalue weighted by Gasteiger charge is -2.08. The Kier molecular flexibility index (Phi) is 6.32. The van der Waals surface area contributed by atoms with Crippen LogP contribution in [-0.4, -0.2) is 6.61 Å². The highest BCUT2D eigenvalue weighted by Crippen LogP contribution is 2.27. The fourth-order valence-electron chi connectivity index (χ4n) is 3.02. The first-order valence-electron chi connectivity index (χ1n) is 9.56. The highest BCUT2D eigenvalue weighted by molar-refractivity contribution is 5.72. The van der Waals surface area contributed by atoms with Crippen LogP contribution in [0.25, 0.3) is 28.0 Å². The zero-order chi connectivity index (χ0) is 19.1. The quantitative estimate of drug-likeness (QED) is 0.466. The van der Waals surface area contributed by atoms with E-state index in [-0.39, 0.29) is 0 Å². The Balaban J connectivity index is 1.67. The van der Waals surface area contributed by atoms with Crippen LogP contribution in [0.4, 0.5) is 0 Å². The minimum absolute atomic E-state index is 0.592. The van der Waals surface area contributed by atoms with Crippen LogP contribution in [0.5, 0.6) is 5.75 Å². The van der Waals surface area contributed by atoms with Gasteiger partial charge in [0, 0.05) is 5.70 Å². The molecule has 0 saturated carbocycles. The van der Waals surface area contributed by atoms with Gasteiger partial charge in [0.1, 0.15) is 5.75 Å². The van der Waals surface area contributed by atoms with Gasteiger partial charge in [-0.25, -0.2) is 0 Å². The minimum atomic E-state index is 0.592. The van der Waals surface area contributed by atoms with Gasteiger partial charge in [-0.15, -0.1) is 0 Å². The number of hydrogen-bond acceptors (Lipinski definition) is 2. The Hall–Kier alpha value is -3.00. The van der Waals surface area contributed by atoms with Crippen molar-refractivity contribution in [3.05, 3.63) is 84.9 Å². The number of nitrogens with two attached hydrogens (primary N) is 1. The second-order valence-electron chi connectivity index (χ2n) is 6.76. The van der Waals surface area contributed by atoms with Gasteiger partial charge < -0.3 is 10.5 Å². The Morgan fingerprint density at radius 3 is 1.63 bits per heavy atom. The molecule has 0 aromatic heterocycles. The van der Waals surface area contributed by atoms with Gasteiger partial charge in [-0.1, -0.05) is 87.0 Å². The largest absolute Gasteiger partial charge is 0.494 e. The van der Waals surface area contributed by atoms with E-state index < -0.39 is 0 Å². The summed E-state index contributed by atoms with van der Waals surface area (Å²) in [5.74, 6) is 0.938. The molecule has 0 aliphatic rings. The molecule has 0 heterocycles. The minimum Gasteiger partial charge on any atom is -0.494 e. The molecule has 0 amide bonds. The molecular formula is C25H27NO. The molecule has 3 rings (SSSR count). The molecule has 0 unspecified atom stereocenters. The van der Waals surface area contributed by atoms with Crippen LogP contribution >= 0.6 is 0 Å². The predicted octanol–water partition coefficient (Wildman–Crippen LogP) is 6.52. The zero-order valence-electron chi connectivity index (χ0n) is 15.9. The van der Waals surface area contributed by atoms with E-state index in [9.17, 15) is 0 Å². The van der Waals surface area contributed by atoms with Gasteiger partial charge in [0.2, 0.25) is 0 Å². The maximum atomic E-state index is 5.79. The lowest BCUT2D eigenvalue weighted by atomic mass is 9.99. The second kappa shape index (κ2) is 9.09. The number of ether oxygens (including phenoxy) is 1. The highest BCUT2D eigenvalue weighted by atomic mass is 16.5. The van der Waals surface area contributed by atoms with E-state index >= 15 is 0 Å². The van der Waals surface area contributed by atoms with Crippen LogP contribution in [0, 0.1) is 0 Å². The molecule has 0 spiro atoms. The monoisotopic (exact) mass is 357 g/mol. The summed E-state index contributed by atoms with van der Waals surface area (Å²) in [6.45, 7) is 6.76. The summed E-state index contributed by atoms with van der Waals surface area (Å²) in [4.78, 5) is 0. The maximum Gasteiger partial charge on any atom is 0.119 e. The van der Waals surface area contributed by atoms with Crippen molar-refractivity contribution in [2.24, 2.45) is 5.73 Å². The summed E-state index contributed by atoms with van der Waals surface area (Å²) < 4.78 is 5.79. The van der Waals surface area contributed by atoms with Crippen LogP contribution in [0.15, 0.2) is 79.4 Å².